The van der Waals surface area contributed by atoms with E-state index >= 15 is 0 Å². The van der Waals surface area contributed by atoms with E-state index in [1.54, 1.807) is 17.3 Å². The maximum atomic E-state index is 12.1. The van der Waals surface area contributed by atoms with Crippen LogP contribution in [0.5, 0.6) is 0 Å². The zero-order valence-corrected chi connectivity index (χ0v) is 13.3. The predicted octanol–water partition coefficient (Wildman–Crippen LogP) is 2.84. The van der Waals surface area contributed by atoms with Crippen LogP contribution in [0.3, 0.4) is 0 Å². The van der Waals surface area contributed by atoms with Gasteiger partial charge in [-0.2, -0.15) is 0 Å². The lowest BCUT2D eigenvalue weighted by Gasteiger charge is -2.33. The van der Waals surface area contributed by atoms with Gasteiger partial charge >= 0.3 is 6.09 Å². The minimum absolute atomic E-state index is 0.215. The Kier molecular flexibility index (Phi) is 3.76. The fraction of sp³-hybridized carbons (Fsp3) is 0.562. The van der Waals surface area contributed by atoms with E-state index in [2.05, 4.69) is 14.4 Å². The summed E-state index contributed by atoms with van der Waals surface area (Å²) in [5.41, 5.74) is 1.62. The van der Waals surface area contributed by atoms with Gasteiger partial charge in [-0.05, 0) is 33.6 Å². The molecule has 1 fully saturated rings. The number of carbonyl (C=O) groups excluding carboxylic acids is 1. The third-order valence-electron chi connectivity index (χ3n) is 3.91. The Balaban J connectivity index is 1.66. The molecule has 6 nitrogen and oxygen atoms in total. The number of hydrogen-bond donors (Lipinski definition) is 0. The van der Waals surface area contributed by atoms with Crippen LogP contribution >= 0.6 is 0 Å². The highest BCUT2D eigenvalue weighted by Crippen LogP contribution is 2.29. The quantitative estimate of drug-likeness (QED) is 0.812. The van der Waals surface area contributed by atoms with Gasteiger partial charge in [0.05, 0.1) is 6.20 Å². The number of nitrogens with zero attached hydrogens (tertiary/aromatic N) is 4. The lowest BCUT2D eigenvalue weighted by molar-refractivity contribution is 0.0204. The molecule has 2 aromatic heterocycles. The van der Waals surface area contributed by atoms with Crippen LogP contribution in [0.25, 0.3) is 5.65 Å². The highest BCUT2D eigenvalue weighted by molar-refractivity contribution is 5.68. The van der Waals surface area contributed by atoms with E-state index in [0.29, 0.717) is 5.92 Å². The number of imidazole rings is 1. The summed E-state index contributed by atoms with van der Waals surface area (Å²) in [6, 6.07) is 0. The lowest BCUT2D eigenvalue weighted by Crippen LogP contribution is -2.41. The molecule has 0 bridgehead atoms. The number of carbonyl (C=O) groups is 1. The van der Waals surface area contributed by atoms with Crippen LogP contribution in [0.4, 0.5) is 4.79 Å². The maximum absolute atomic E-state index is 12.1. The van der Waals surface area contributed by atoms with Gasteiger partial charge in [0.1, 0.15) is 5.60 Å². The van der Waals surface area contributed by atoms with E-state index in [0.717, 1.165) is 31.6 Å². The van der Waals surface area contributed by atoms with Crippen molar-refractivity contribution in [2.45, 2.75) is 45.1 Å². The Bertz CT molecular complexity index is 666. The summed E-state index contributed by atoms with van der Waals surface area (Å²) in [5, 5.41) is 0. The molecule has 1 saturated heterocycles. The molecule has 3 heterocycles. The van der Waals surface area contributed by atoms with E-state index < -0.39 is 5.60 Å². The van der Waals surface area contributed by atoms with Crippen molar-refractivity contribution >= 4 is 11.7 Å². The fourth-order valence-electron chi connectivity index (χ4n) is 2.85. The van der Waals surface area contributed by atoms with Gasteiger partial charge in [-0.15, -0.1) is 0 Å². The van der Waals surface area contributed by atoms with E-state index in [-0.39, 0.29) is 6.09 Å². The fourth-order valence-corrected chi connectivity index (χ4v) is 2.85. The Morgan fingerprint density at radius 1 is 1.27 bits per heavy atom. The van der Waals surface area contributed by atoms with Crippen molar-refractivity contribution in [3.05, 3.63) is 30.5 Å². The Hall–Kier alpha value is -2.11. The largest absolute Gasteiger partial charge is 0.444 e. The van der Waals surface area contributed by atoms with E-state index in [4.69, 9.17) is 4.74 Å². The number of rotatable bonds is 1. The lowest BCUT2D eigenvalue weighted by atomic mass is 9.94. The Labute approximate surface area is 130 Å². The molecular formula is C16H22N4O2. The molecule has 1 aliphatic rings. The van der Waals surface area contributed by atoms with Crippen LogP contribution in [0.2, 0.25) is 0 Å². The average Bonchev–Trinajstić information content (AvgIpc) is 2.89. The van der Waals surface area contributed by atoms with Crippen molar-refractivity contribution in [2.75, 3.05) is 13.1 Å². The predicted molar refractivity (Wildman–Crippen MR) is 82.8 cm³/mol. The van der Waals surface area contributed by atoms with Gasteiger partial charge in [-0.3, -0.25) is 4.98 Å². The first kappa shape index (κ1) is 14.8. The SMILES string of the molecule is CC(C)(C)OC(=O)N1CCC(c2cnc3cnccn23)CC1. The number of likely N-dealkylation sites (tertiary alicyclic amines) is 1. The standard InChI is InChI=1S/C16H22N4O2/c1-16(2,3)22-15(21)19-7-4-12(5-8-19)13-10-18-14-11-17-6-9-20(13)14/h6,9-12H,4-5,7-8H2,1-3H3. The van der Waals surface area contributed by atoms with E-state index in [1.165, 1.54) is 5.69 Å². The monoisotopic (exact) mass is 302 g/mol. The minimum atomic E-state index is -0.442. The second-order valence-corrected chi connectivity index (χ2v) is 6.73. The van der Waals surface area contributed by atoms with Crippen molar-refractivity contribution in [2.24, 2.45) is 0 Å². The molecule has 118 valence electrons. The Morgan fingerprint density at radius 3 is 2.68 bits per heavy atom. The van der Waals surface area contributed by atoms with Gasteiger partial charge in [0, 0.05) is 43.3 Å². The summed E-state index contributed by atoms with van der Waals surface area (Å²) >= 11 is 0. The van der Waals surface area contributed by atoms with Crippen LogP contribution in [0, 0.1) is 0 Å². The second kappa shape index (κ2) is 5.59. The van der Waals surface area contributed by atoms with Crippen LogP contribution in [-0.4, -0.2) is 44.1 Å². The first-order chi connectivity index (χ1) is 10.4. The number of ether oxygens (including phenoxy) is 1. The van der Waals surface area contributed by atoms with Gasteiger partial charge in [0.25, 0.3) is 0 Å². The third kappa shape index (κ3) is 3.05. The minimum Gasteiger partial charge on any atom is -0.444 e. The van der Waals surface area contributed by atoms with Gasteiger partial charge in [-0.1, -0.05) is 0 Å². The Morgan fingerprint density at radius 2 is 2.00 bits per heavy atom. The molecule has 6 heteroatoms. The van der Waals surface area contributed by atoms with E-state index in [9.17, 15) is 4.79 Å². The van der Waals surface area contributed by atoms with Crippen LogP contribution in [-0.2, 0) is 4.74 Å². The van der Waals surface area contributed by atoms with Gasteiger partial charge < -0.3 is 14.0 Å². The topological polar surface area (TPSA) is 59.7 Å². The number of aromatic nitrogens is 3. The molecular weight excluding hydrogens is 280 g/mol. The van der Waals surface area contributed by atoms with Crippen molar-refractivity contribution in [1.82, 2.24) is 19.3 Å². The summed E-state index contributed by atoms with van der Waals surface area (Å²) in [7, 11) is 0. The van der Waals surface area contributed by atoms with Crippen molar-refractivity contribution in [3.63, 3.8) is 0 Å². The van der Waals surface area contributed by atoms with Crippen LogP contribution in [0.15, 0.2) is 24.8 Å². The molecule has 2 aromatic rings. The molecule has 0 aliphatic carbocycles. The molecule has 0 atom stereocenters. The summed E-state index contributed by atoms with van der Waals surface area (Å²) in [6.45, 7) is 7.12. The maximum Gasteiger partial charge on any atom is 0.410 e. The van der Waals surface area contributed by atoms with Gasteiger partial charge in [0.2, 0.25) is 0 Å². The van der Waals surface area contributed by atoms with E-state index in [1.807, 2.05) is 33.2 Å². The second-order valence-electron chi connectivity index (χ2n) is 6.73. The summed E-state index contributed by atoms with van der Waals surface area (Å²) < 4.78 is 7.52. The molecule has 0 radical (unpaired) electrons. The highest BCUT2D eigenvalue weighted by atomic mass is 16.6. The zero-order chi connectivity index (χ0) is 15.7. The molecule has 0 aromatic carbocycles. The molecule has 1 amide bonds. The zero-order valence-electron chi connectivity index (χ0n) is 13.3. The van der Waals surface area contributed by atoms with Crippen molar-refractivity contribution in [1.29, 1.82) is 0 Å². The van der Waals surface area contributed by atoms with Gasteiger partial charge in [0.15, 0.2) is 5.65 Å². The summed E-state index contributed by atoms with van der Waals surface area (Å²) in [6.07, 6.45) is 9.04. The molecule has 1 aliphatic heterocycles. The van der Waals surface area contributed by atoms with Gasteiger partial charge in [-0.25, -0.2) is 9.78 Å². The highest BCUT2D eigenvalue weighted by Gasteiger charge is 2.28. The first-order valence-corrected chi connectivity index (χ1v) is 7.69. The average molecular weight is 302 g/mol. The molecule has 0 unspecified atom stereocenters. The van der Waals surface area contributed by atoms with Crippen molar-refractivity contribution in [3.8, 4) is 0 Å². The number of amides is 1. The molecule has 22 heavy (non-hydrogen) atoms. The number of hydrogen-bond acceptors (Lipinski definition) is 4. The molecule has 3 rings (SSSR count). The molecule has 0 spiro atoms. The van der Waals surface area contributed by atoms with Crippen molar-refractivity contribution < 1.29 is 9.53 Å². The first-order valence-electron chi connectivity index (χ1n) is 7.69. The third-order valence-corrected chi connectivity index (χ3v) is 3.91. The molecule has 0 saturated carbocycles. The summed E-state index contributed by atoms with van der Waals surface area (Å²) in [5.74, 6) is 0.413. The normalized spacial score (nSPS) is 17.0. The summed E-state index contributed by atoms with van der Waals surface area (Å²) in [4.78, 5) is 22.4. The molecule has 0 N–H and O–H groups in total. The number of piperidine rings is 1. The number of fused-ring (bicyclic) bond motifs is 1. The van der Waals surface area contributed by atoms with Crippen LogP contribution in [0.1, 0.15) is 45.2 Å². The van der Waals surface area contributed by atoms with Crippen LogP contribution < -0.4 is 0 Å². The smallest absolute Gasteiger partial charge is 0.410 e.